The fourth-order valence-electron chi connectivity index (χ4n) is 9.44. The Morgan fingerprint density at radius 3 is 2.23 bits per heavy atom. The number of rotatable bonds is 7. The third kappa shape index (κ3) is 11.3. The lowest BCUT2D eigenvalue weighted by Gasteiger charge is -2.47. The number of piperidine rings is 1. The first-order valence-electron chi connectivity index (χ1n) is 20.9. The molecule has 3 heterocycles. The van der Waals surface area contributed by atoms with Gasteiger partial charge in [-0.1, -0.05) is 45.9 Å². The van der Waals surface area contributed by atoms with Crippen molar-refractivity contribution in [2.45, 2.75) is 160 Å². The van der Waals surface area contributed by atoms with Gasteiger partial charge in [0.25, 0.3) is 11.7 Å². The summed E-state index contributed by atoms with van der Waals surface area (Å²) in [6.07, 6.45) is 4.89. The number of amides is 1. The van der Waals surface area contributed by atoms with Gasteiger partial charge in [0, 0.05) is 46.1 Å². The van der Waals surface area contributed by atoms with Crippen LogP contribution in [0.15, 0.2) is 36.0 Å². The molecule has 13 heteroatoms. The molecule has 2 bridgehead atoms. The molecule has 4 aliphatic rings. The van der Waals surface area contributed by atoms with Gasteiger partial charge in [0.15, 0.2) is 5.78 Å². The minimum absolute atomic E-state index is 0.0120. The largest absolute Gasteiger partial charge is 0.456 e. The molecule has 0 radical (unpaired) electrons. The van der Waals surface area contributed by atoms with E-state index < -0.39 is 77.9 Å². The van der Waals surface area contributed by atoms with Crippen molar-refractivity contribution in [2.24, 2.45) is 29.6 Å². The second-order valence-corrected chi connectivity index (χ2v) is 17.3. The minimum atomic E-state index is -2.51. The smallest absolute Gasteiger partial charge is 0.329 e. The van der Waals surface area contributed by atoms with Crippen molar-refractivity contribution >= 4 is 23.4 Å². The average molecular weight is 804 g/mol. The van der Waals surface area contributed by atoms with E-state index in [1.165, 1.54) is 19.1 Å². The first kappa shape index (κ1) is 46.9. The summed E-state index contributed by atoms with van der Waals surface area (Å²) in [6, 6.07) is -1.14. The molecule has 14 atom stereocenters. The minimum Gasteiger partial charge on any atom is -0.456 e. The maximum absolute atomic E-state index is 14.3. The summed E-state index contributed by atoms with van der Waals surface area (Å²) in [6.45, 7) is 13.2. The summed E-state index contributed by atoms with van der Waals surface area (Å²) in [5, 5.41) is 34.1. The van der Waals surface area contributed by atoms with Crippen molar-refractivity contribution in [3.63, 3.8) is 0 Å². The lowest BCUT2D eigenvalue weighted by molar-refractivity contribution is -0.302. The van der Waals surface area contributed by atoms with Crippen LogP contribution in [0.4, 0.5) is 0 Å². The van der Waals surface area contributed by atoms with E-state index in [-0.39, 0.29) is 55.4 Å². The van der Waals surface area contributed by atoms with Gasteiger partial charge in [-0.25, -0.2) is 4.79 Å². The monoisotopic (exact) mass is 803 g/mol. The van der Waals surface area contributed by atoms with Crippen molar-refractivity contribution in [3.05, 3.63) is 36.0 Å². The molecule has 3 N–H and O–H groups in total. The van der Waals surface area contributed by atoms with Crippen molar-refractivity contribution in [1.29, 1.82) is 0 Å². The van der Waals surface area contributed by atoms with Crippen molar-refractivity contribution in [3.8, 4) is 0 Å². The number of cyclic esters (lactones) is 1. The van der Waals surface area contributed by atoms with Crippen molar-refractivity contribution < 1.29 is 58.2 Å². The van der Waals surface area contributed by atoms with Crippen LogP contribution in [0.3, 0.4) is 0 Å². The Hall–Kier alpha value is -2.78. The third-order valence-corrected chi connectivity index (χ3v) is 12.8. The average Bonchev–Trinajstić information content (AvgIpc) is 3.18. The van der Waals surface area contributed by atoms with E-state index in [1.54, 1.807) is 27.0 Å². The van der Waals surface area contributed by atoms with E-state index in [9.17, 15) is 34.5 Å². The summed E-state index contributed by atoms with van der Waals surface area (Å²) in [7, 11) is 4.61. The van der Waals surface area contributed by atoms with E-state index in [2.05, 4.69) is 13.5 Å². The number of carbonyl (C=O) groups excluding carboxylic acids is 4. The molecule has 0 aromatic carbocycles. The number of fused-ring (bicyclic) bond motifs is 3. The molecule has 3 fully saturated rings. The fraction of sp³-hybridized carbons (Fsp3) is 0.773. The van der Waals surface area contributed by atoms with Gasteiger partial charge in [-0.15, -0.1) is 6.58 Å². The first-order valence-corrected chi connectivity index (χ1v) is 20.9. The first-order chi connectivity index (χ1) is 27.0. The lowest BCUT2D eigenvalue weighted by Crippen LogP contribution is -2.64. The highest BCUT2D eigenvalue weighted by Crippen LogP contribution is 2.39. The molecule has 2 saturated heterocycles. The van der Waals surface area contributed by atoms with Gasteiger partial charge < -0.3 is 43.9 Å². The number of Topliss-reactive ketones (excluding diaryl/α,β-unsaturated/α-hetero) is 2. The Bertz CT molecular complexity index is 1480. The summed E-state index contributed by atoms with van der Waals surface area (Å²) in [5.74, 6) is -7.32. The Morgan fingerprint density at radius 2 is 1.58 bits per heavy atom. The molecule has 1 amide bonds. The third-order valence-electron chi connectivity index (χ3n) is 12.8. The number of nitrogens with zero attached hydrogens (tertiary/aromatic N) is 1. The predicted octanol–water partition coefficient (Wildman–Crippen LogP) is 4.64. The highest BCUT2D eigenvalue weighted by Gasteiger charge is 2.56. The second kappa shape index (κ2) is 21.0. The van der Waals surface area contributed by atoms with Crippen LogP contribution in [-0.2, 0) is 42.9 Å². The van der Waals surface area contributed by atoms with Crippen LogP contribution in [0.5, 0.6) is 0 Å². The van der Waals surface area contributed by atoms with Crippen LogP contribution in [0.25, 0.3) is 0 Å². The molecule has 1 aliphatic carbocycles. The van der Waals surface area contributed by atoms with E-state index in [1.807, 2.05) is 26.0 Å². The molecular formula is C44H69NO12. The number of aliphatic hydroxyl groups is 3. The normalized spacial score (nSPS) is 41.0. The number of ketones is 2. The van der Waals surface area contributed by atoms with Gasteiger partial charge in [-0.2, -0.15) is 0 Å². The number of allylic oxidation sites excluding steroid dienone is 4. The van der Waals surface area contributed by atoms with E-state index >= 15 is 0 Å². The quantitative estimate of drug-likeness (QED) is 0.185. The molecule has 322 valence electrons. The molecule has 0 aromatic heterocycles. The van der Waals surface area contributed by atoms with Crippen LogP contribution in [0.2, 0.25) is 0 Å². The van der Waals surface area contributed by atoms with E-state index in [4.69, 9.17) is 23.7 Å². The molecule has 2 unspecified atom stereocenters. The zero-order chi connectivity index (χ0) is 42.2. The van der Waals surface area contributed by atoms with Crippen LogP contribution < -0.4 is 0 Å². The van der Waals surface area contributed by atoms with Gasteiger partial charge in [0.2, 0.25) is 5.79 Å². The van der Waals surface area contributed by atoms with E-state index in [0.29, 0.717) is 62.5 Å². The van der Waals surface area contributed by atoms with E-state index in [0.717, 1.165) is 0 Å². The predicted molar refractivity (Wildman–Crippen MR) is 213 cm³/mol. The second-order valence-electron chi connectivity index (χ2n) is 17.3. The molecule has 3 aliphatic heterocycles. The standard InChI is InChI=1S/C44H69NO12/c1-10-13-31-19-25(2)18-26(3)20-37(54-8)40-38(55-9)22-28(5)44(52,57-40)41(49)42(50)45-17-12-11-14-32(45)43(51)56-39(29(6)34(47)24-35(31)48)27(4)21-30-15-16-33(46)36(23-30)53-7/h10,19,21,25-26,28-30,32-34,36-40,46-47,52H,1,11-18,20,22-24H2,2-9H3/b27-21?,31-19-/t25?,26-,28+,29+,30-,32?,33+,34-,36+,37-,38-,39+,40+,44+/m0/s1. The molecular weight excluding hydrogens is 734 g/mol. The number of esters is 1. The van der Waals surface area contributed by atoms with Crippen molar-refractivity contribution in [2.75, 3.05) is 27.9 Å². The van der Waals surface area contributed by atoms with Crippen LogP contribution in [-0.4, -0.2) is 126 Å². The molecule has 57 heavy (non-hydrogen) atoms. The Labute approximate surface area is 339 Å². The molecule has 4 rings (SSSR count). The molecule has 0 aromatic rings. The summed E-state index contributed by atoms with van der Waals surface area (Å²) < 4.78 is 29.8. The molecule has 0 spiro atoms. The molecule has 13 nitrogen and oxygen atoms in total. The SMILES string of the molecule is C=CC/C1=C/C(C)C[C@H](C)C[C@H](OC)[C@H]2O[C@@](O)(C(=O)C(=O)N3CCCCC3C(=O)O[C@H](C(C)=C[C@@H]3CC[C@@H](O)[C@H](OC)C3)[C@H](C)[C@@H](O)CC1=O)[C@H](C)C[C@@H]2OC. The number of hydrogen-bond donors (Lipinski definition) is 3. The number of carbonyl (C=O) groups is 4. The van der Waals surface area contributed by atoms with Gasteiger partial charge in [0.1, 0.15) is 18.2 Å². The van der Waals surface area contributed by atoms with Gasteiger partial charge >= 0.3 is 5.97 Å². The number of ether oxygens (including phenoxy) is 5. The fourth-order valence-corrected chi connectivity index (χ4v) is 9.44. The zero-order valence-electron chi connectivity index (χ0n) is 35.4. The number of aliphatic hydroxyl groups excluding tert-OH is 2. The summed E-state index contributed by atoms with van der Waals surface area (Å²) >= 11 is 0. The maximum atomic E-state index is 14.3. The maximum Gasteiger partial charge on any atom is 0.329 e. The number of hydrogen-bond acceptors (Lipinski definition) is 12. The lowest BCUT2D eigenvalue weighted by atomic mass is 9.81. The highest BCUT2D eigenvalue weighted by molar-refractivity contribution is 6.39. The van der Waals surface area contributed by atoms with Crippen LogP contribution in [0, 0.1) is 29.6 Å². The van der Waals surface area contributed by atoms with Gasteiger partial charge in [0.05, 0.1) is 30.5 Å². The van der Waals surface area contributed by atoms with Crippen molar-refractivity contribution in [1.82, 2.24) is 4.90 Å². The van der Waals surface area contributed by atoms with Gasteiger partial charge in [-0.3, -0.25) is 14.4 Å². The highest BCUT2D eigenvalue weighted by atomic mass is 16.7. The summed E-state index contributed by atoms with van der Waals surface area (Å²) in [4.78, 5) is 57.8. The van der Waals surface area contributed by atoms with Gasteiger partial charge in [-0.05, 0) is 100 Å². The number of methoxy groups -OCH3 is 3. The Balaban J connectivity index is 1.78. The van der Waals surface area contributed by atoms with Crippen LogP contribution in [0.1, 0.15) is 105 Å². The topological polar surface area (TPSA) is 178 Å². The molecule has 1 saturated carbocycles. The zero-order valence-corrected chi connectivity index (χ0v) is 35.4. The summed E-state index contributed by atoms with van der Waals surface area (Å²) in [5.41, 5.74) is 1.18. The Morgan fingerprint density at radius 1 is 0.912 bits per heavy atom. The Kier molecular flexibility index (Phi) is 17.2. The van der Waals surface area contributed by atoms with Crippen LogP contribution >= 0.6 is 0 Å².